The molecule has 0 saturated heterocycles. The van der Waals surface area contributed by atoms with Crippen molar-refractivity contribution >= 4 is 11.9 Å². The number of amides is 1. The molecule has 4 nitrogen and oxygen atoms in total. The molecule has 0 spiro atoms. The molecule has 0 aliphatic heterocycles. The molecule has 1 amide bonds. The van der Waals surface area contributed by atoms with Crippen LogP contribution in [0.5, 0.6) is 0 Å². The van der Waals surface area contributed by atoms with Gasteiger partial charge in [-0.2, -0.15) is 0 Å². The van der Waals surface area contributed by atoms with E-state index in [0.717, 1.165) is 6.42 Å². The first-order valence-electron chi connectivity index (χ1n) is 4.88. The molecule has 1 aliphatic rings. The Bertz CT molecular complexity index is 264. The predicted molar refractivity (Wildman–Crippen MR) is 51.8 cm³/mol. The van der Waals surface area contributed by atoms with Gasteiger partial charge in [0.15, 0.2) is 0 Å². The van der Waals surface area contributed by atoms with E-state index < -0.39 is 11.5 Å². The summed E-state index contributed by atoms with van der Waals surface area (Å²) in [6, 6.07) is 0. The largest absolute Gasteiger partial charge is 0.479 e. The Balaban J connectivity index is 2.94. The Morgan fingerprint density at radius 1 is 1.50 bits per heavy atom. The van der Waals surface area contributed by atoms with E-state index in [1.54, 1.807) is 7.05 Å². The van der Waals surface area contributed by atoms with Gasteiger partial charge in [0.1, 0.15) is 5.54 Å². The molecule has 14 heavy (non-hydrogen) atoms. The molecular formula is C10H17NO3. The lowest BCUT2D eigenvalue weighted by Gasteiger charge is -2.34. The first-order valence-corrected chi connectivity index (χ1v) is 4.88. The van der Waals surface area contributed by atoms with Gasteiger partial charge in [-0.15, -0.1) is 0 Å². The number of carboxylic acids is 1. The molecule has 0 aromatic rings. The molecule has 1 N–H and O–H groups in total. The summed E-state index contributed by atoms with van der Waals surface area (Å²) in [6.45, 7) is 3.44. The van der Waals surface area contributed by atoms with Crippen molar-refractivity contribution in [3.63, 3.8) is 0 Å². The van der Waals surface area contributed by atoms with E-state index in [2.05, 4.69) is 0 Å². The quantitative estimate of drug-likeness (QED) is 0.724. The molecule has 0 aromatic heterocycles. The number of hydrogen-bond donors (Lipinski definition) is 1. The van der Waals surface area contributed by atoms with Crippen molar-refractivity contribution in [2.75, 3.05) is 7.05 Å². The highest BCUT2D eigenvalue weighted by Gasteiger charge is 2.48. The smallest absolute Gasteiger partial charge is 0.329 e. The van der Waals surface area contributed by atoms with Gasteiger partial charge in [-0.25, -0.2) is 4.79 Å². The van der Waals surface area contributed by atoms with Gasteiger partial charge >= 0.3 is 5.97 Å². The third-order valence-electron chi connectivity index (χ3n) is 3.25. The molecule has 1 fully saturated rings. The van der Waals surface area contributed by atoms with E-state index in [-0.39, 0.29) is 5.91 Å². The van der Waals surface area contributed by atoms with Crippen molar-refractivity contribution in [2.24, 2.45) is 5.92 Å². The Morgan fingerprint density at radius 2 is 2.07 bits per heavy atom. The lowest BCUT2D eigenvalue weighted by Crippen LogP contribution is -2.53. The van der Waals surface area contributed by atoms with Crippen molar-refractivity contribution in [3.05, 3.63) is 0 Å². The van der Waals surface area contributed by atoms with Crippen LogP contribution in [0.25, 0.3) is 0 Å². The molecule has 2 atom stereocenters. The van der Waals surface area contributed by atoms with Crippen molar-refractivity contribution < 1.29 is 14.7 Å². The number of aliphatic carboxylic acids is 1. The number of carboxylic acid groups (broad SMARTS) is 1. The molecule has 4 heteroatoms. The Hall–Kier alpha value is -1.06. The van der Waals surface area contributed by atoms with Crippen LogP contribution in [-0.2, 0) is 9.59 Å². The van der Waals surface area contributed by atoms with Gasteiger partial charge in [-0.05, 0) is 25.2 Å². The first-order chi connectivity index (χ1) is 6.40. The summed E-state index contributed by atoms with van der Waals surface area (Å²) in [5.41, 5.74) is -0.953. The van der Waals surface area contributed by atoms with Gasteiger partial charge in [-0.1, -0.05) is 6.92 Å². The van der Waals surface area contributed by atoms with Crippen molar-refractivity contribution in [2.45, 2.75) is 38.6 Å². The number of likely N-dealkylation sites (N-methyl/N-ethyl adjacent to an activating group) is 1. The Kier molecular flexibility index (Phi) is 2.83. The van der Waals surface area contributed by atoms with E-state index in [9.17, 15) is 14.7 Å². The van der Waals surface area contributed by atoms with Crippen molar-refractivity contribution in [1.29, 1.82) is 0 Å². The Morgan fingerprint density at radius 3 is 2.36 bits per heavy atom. The zero-order chi connectivity index (χ0) is 10.9. The molecule has 0 radical (unpaired) electrons. The van der Waals surface area contributed by atoms with E-state index >= 15 is 0 Å². The second-order valence-corrected chi connectivity index (χ2v) is 4.26. The minimum absolute atomic E-state index is 0.179. The fourth-order valence-corrected chi connectivity index (χ4v) is 2.21. The number of nitrogens with zero attached hydrogens (tertiary/aromatic N) is 1. The molecule has 0 aromatic carbocycles. The van der Waals surface area contributed by atoms with Gasteiger partial charge in [0.2, 0.25) is 5.91 Å². The van der Waals surface area contributed by atoms with Crippen LogP contribution in [0.2, 0.25) is 0 Å². The number of carbonyl (C=O) groups is 2. The molecule has 2 unspecified atom stereocenters. The zero-order valence-corrected chi connectivity index (χ0v) is 8.91. The SMILES string of the molecule is CC(=O)N(C)C1(C(=O)O)CCC(C)C1. The second-order valence-electron chi connectivity index (χ2n) is 4.26. The fourth-order valence-electron chi connectivity index (χ4n) is 2.21. The van der Waals surface area contributed by atoms with Crippen LogP contribution in [0, 0.1) is 5.92 Å². The Labute approximate surface area is 83.9 Å². The lowest BCUT2D eigenvalue weighted by atomic mass is 9.94. The summed E-state index contributed by atoms with van der Waals surface area (Å²) in [5, 5.41) is 9.21. The van der Waals surface area contributed by atoms with Gasteiger partial charge in [0.05, 0.1) is 0 Å². The second kappa shape index (κ2) is 3.59. The standard InChI is InChI=1S/C10H17NO3/c1-7-4-5-10(6-7,9(13)14)11(3)8(2)12/h7H,4-6H2,1-3H3,(H,13,14). The number of carbonyl (C=O) groups excluding carboxylic acids is 1. The summed E-state index contributed by atoms with van der Waals surface area (Å²) in [4.78, 5) is 23.8. The zero-order valence-electron chi connectivity index (χ0n) is 8.91. The summed E-state index contributed by atoms with van der Waals surface area (Å²) in [5.74, 6) is -0.672. The maximum absolute atomic E-state index is 11.2. The van der Waals surface area contributed by atoms with Crippen LogP contribution < -0.4 is 0 Å². The van der Waals surface area contributed by atoms with Gasteiger partial charge in [0.25, 0.3) is 0 Å². The predicted octanol–water partition coefficient (Wildman–Crippen LogP) is 1.11. The average Bonchev–Trinajstić information content (AvgIpc) is 2.47. The first kappa shape index (κ1) is 11.0. The molecule has 80 valence electrons. The van der Waals surface area contributed by atoms with Crippen LogP contribution >= 0.6 is 0 Å². The van der Waals surface area contributed by atoms with Crippen LogP contribution in [0.15, 0.2) is 0 Å². The topological polar surface area (TPSA) is 57.6 Å². The van der Waals surface area contributed by atoms with Crippen LogP contribution in [-0.4, -0.2) is 34.5 Å². The number of hydrogen-bond acceptors (Lipinski definition) is 2. The monoisotopic (exact) mass is 199 g/mol. The molecule has 1 aliphatic carbocycles. The summed E-state index contributed by atoms with van der Waals surface area (Å²) in [7, 11) is 1.58. The van der Waals surface area contributed by atoms with Gasteiger partial charge in [-0.3, -0.25) is 4.79 Å². The number of rotatable bonds is 2. The van der Waals surface area contributed by atoms with E-state index in [1.165, 1.54) is 11.8 Å². The van der Waals surface area contributed by atoms with Crippen molar-refractivity contribution in [1.82, 2.24) is 4.90 Å². The summed E-state index contributed by atoms with van der Waals surface area (Å²) >= 11 is 0. The highest BCUT2D eigenvalue weighted by Crippen LogP contribution is 2.38. The molecule has 0 bridgehead atoms. The average molecular weight is 199 g/mol. The molecule has 0 heterocycles. The van der Waals surface area contributed by atoms with E-state index in [1.807, 2.05) is 6.92 Å². The third kappa shape index (κ3) is 1.61. The van der Waals surface area contributed by atoms with E-state index in [0.29, 0.717) is 18.8 Å². The normalized spacial score (nSPS) is 31.5. The summed E-state index contributed by atoms with van der Waals surface area (Å²) < 4.78 is 0. The van der Waals surface area contributed by atoms with Crippen molar-refractivity contribution in [3.8, 4) is 0 Å². The third-order valence-corrected chi connectivity index (χ3v) is 3.25. The van der Waals surface area contributed by atoms with E-state index in [4.69, 9.17) is 0 Å². The highest BCUT2D eigenvalue weighted by atomic mass is 16.4. The maximum atomic E-state index is 11.2. The van der Waals surface area contributed by atoms with Crippen LogP contribution in [0.1, 0.15) is 33.1 Å². The molecule has 1 saturated carbocycles. The van der Waals surface area contributed by atoms with Crippen LogP contribution in [0.4, 0.5) is 0 Å². The minimum Gasteiger partial charge on any atom is -0.479 e. The highest BCUT2D eigenvalue weighted by molar-refractivity contribution is 5.86. The van der Waals surface area contributed by atoms with Crippen LogP contribution in [0.3, 0.4) is 0 Å². The fraction of sp³-hybridized carbons (Fsp3) is 0.800. The minimum atomic E-state index is -0.953. The summed E-state index contributed by atoms with van der Waals surface area (Å²) in [6.07, 6.45) is 2.02. The van der Waals surface area contributed by atoms with Gasteiger partial charge < -0.3 is 10.0 Å². The maximum Gasteiger partial charge on any atom is 0.329 e. The molecular weight excluding hydrogens is 182 g/mol. The lowest BCUT2D eigenvalue weighted by molar-refractivity contribution is -0.156. The molecule has 1 rings (SSSR count). The van der Waals surface area contributed by atoms with Gasteiger partial charge in [0, 0.05) is 14.0 Å².